The first-order valence-electron chi connectivity index (χ1n) is 5.04. The zero-order chi connectivity index (χ0) is 12.1. The van der Waals surface area contributed by atoms with Crippen molar-refractivity contribution < 1.29 is 14.0 Å². The number of Topliss-reactive ketones (excluding diaryl/α,β-unsaturated/α-hetero) is 1. The number of carbonyl (C=O) groups is 2. The maximum atomic E-state index is 12.9. The average Bonchev–Trinajstić information content (AvgIpc) is 2.23. The van der Waals surface area contributed by atoms with E-state index in [-0.39, 0.29) is 5.82 Å². The smallest absolute Gasteiger partial charge is 0.287 e. The number of hydrogen-bond donors (Lipinski definition) is 1. The quantitative estimate of drug-likeness (QED) is 0.784. The Hall–Kier alpha value is -1.71. The molecule has 0 saturated heterocycles. The average molecular weight is 223 g/mol. The van der Waals surface area contributed by atoms with Crippen molar-refractivity contribution in [2.75, 3.05) is 6.54 Å². The van der Waals surface area contributed by atoms with Gasteiger partial charge in [-0.25, -0.2) is 4.39 Å². The van der Waals surface area contributed by atoms with Gasteiger partial charge in [-0.2, -0.15) is 0 Å². The Morgan fingerprint density at radius 1 is 1.38 bits per heavy atom. The van der Waals surface area contributed by atoms with Gasteiger partial charge in [0.05, 0.1) is 0 Å². The van der Waals surface area contributed by atoms with Gasteiger partial charge >= 0.3 is 0 Å². The van der Waals surface area contributed by atoms with Crippen molar-refractivity contribution in [3.63, 3.8) is 0 Å². The number of nitrogens with one attached hydrogen (secondary N) is 1. The van der Waals surface area contributed by atoms with Gasteiger partial charge in [-0.1, -0.05) is 12.1 Å². The van der Waals surface area contributed by atoms with Gasteiger partial charge in [-0.3, -0.25) is 9.59 Å². The lowest BCUT2D eigenvalue weighted by Gasteiger charge is -2.04. The van der Waals surface area contributed by atoms with E-state index in [4.69, 9.17) is 0 Å². The molecule has 0 saturated carbocycles. The van der Waals surface area contributed by atoms with Crippen molar-refractivity contribution in [1.82, 2.24) is 5.32 Å². The Morgan fingerprint density at radius 3 is 2.62 bits per heavy atom. The molecule has 0 aliphatic heterocycles. The number of aryl methyl sites for hydroxylation is 1. The molecule has 1 aromatic carbocycles. The van der Waals surface area contributed by atoms with Crippen molar-refractivity contribution in [2.45, 2.75) is 20.3 Å². The number of benzene rings is 1. The monoisotopic (exact) mass is 223 g/mol. The number of rotatable bonds is 4. The molecule has 0 fully saturated rings. The summed E-state index contributed by atoms with van der Waals surface area (Å²) < 4.78 is 12.9. The summed E-state index contributed by atoms with van der Waals surface area (Å²) in [4.78, 5) is 21.6. The Morgan fingerprint density at radius 2 is 2.06 bits per heavy atom. The SMILES string of the molecule is CC(=O)C(=O)NCCc1ccc(F)c(C)c1. The second-order valence-corrected chi connectivity index (χ2v) is 3.65. The predicted octanol–water partition coefficient (Wildman–Crippen LogP) is 1.38. The maximum Gasteiger partial charge on any atom is 0.287 e. The van der Waals surface area contributed by atoms with Crippen LogP contribution in [0.25, 0.3) is 0 Å². The van der Waals surface area contributed by atoms with Crippen LogP contribution in [0.2, 0.25) is 0 Å². The molecule has 0 bridgehead atoms. The molecular weight excluding hydrogens is 209 g/mol. The Bertz CT molecular complexity index is 415. The fraction of sp³-hybridized carbons (Fsp3) is 0.333. The lowest BCUT2D eigenvalue weighted by atomic mass is 10.1. The highest BCUT2D eigenvalue weighted by Gasteiger charge is 2.05. The van der Waals surface area contributed by atoms with E-state index in [2.05, 4.69) is 5.32 Å². The number of hydrogen-bond acceptors (Lipinski definition) is 2. The molecule has 0 aliphatic carbocycles. The molecule has 1 amide bonds. The molecule has 0 aliphatic rings. The van der Waals surface area contributed by atoms with Crippen molar-refractivity contribution in [3.8, 4) is 0 Å². The van der Waals surface area contributed by atoms with Crippen LogP contribution in [0.3, 0.4) is 0 Å². The van der Waals surface area contributed by atoms with Crippen LogP contribution in [0.4, 0.5) is 4.39 Å². The molecule has 0 aromatic heterocycles. The van der Waals surface area contributed by atoms with Gasteiger partial charge in [-0.15, -0.1) is 0 Å². The fourth-order valence-corrected chi connectivity index (χ4v) is 1.31. The molecule has 1 N–H and O–H groups in total. The van der Waals surface area contributed by atoms with Crippen LogP contribution < -0.4 is 5.32 Å². The molecular formula is C12H14FNO2. The van der Waals surface area contributed by atoms with Crippen LogP contribution in [0.15, 0.2) is 18.2 Å². The number of ketones is 1. The summed E-state index contributed by atoms with van der Waals surface area (Å²) in [7, 11) is 0. The van der Waals surface area contributed by atoms with Gasteiger partial charge in [0.25, 0.3) is 5.91 Å². The highest BCUT2D eigenvalue weighted by Crippen LogP contribution is 2.09. The summed E-state index contributed by atoms with van der Waals surface area (Å²) in [5, 5.41) is 2.48. The van der Waals surface area contributed by atoms with E-state index >= 15 is 0 Å². The summed E-state index contributed by atoms with van der Waals surface area (Å²) in [5.41, 5.74) is 1.51. The first-order valence-corrected chi connectivity index (χ1v) is 5.04. The van der Waals surface area contributed by atoms with Crippen molar-refractivity contribution in [1.29, 1.82) is 0 Å². The fourth-order valence-electron chi connectivity index (χ4n) is 1.31. The summed E-state index contributed by atoms with van der Waals surface area (Å²) in [6, 6.07) is 4.80. The molecule has 0 spiro atoms. The zero-order valence-electron chi connectivity index (χ0n) is 9.34. The summed E-state index contributed by atoms with van der Waals surface area (Å²) in [6.07, 6.45) is 0.583. The van der Waals surface area contributed by atoms with Crippen molar-refractivity contribution >= 4 is 11.7 Å². The van der Waals surface area contributed by atoms with Crippen molar-refractivity contribution in [3.05, 3.63) is 35.1 Å². The van der Waals surface area contributed by atoms with E-state index in [0.717, 1.165) is 5.56 Å². The second-order valence-electron chi connectivity index (χ2n) is 3.65. The van der Waals surface area contributed by atoms with Crippen LogP contribution in [-0.2, 0) is 16.0 Å². The van der Waals surface area contributed by atoms with Crippen LogP contribution in [0, 0.1) is 12.7 Å². The highest BCUT2D eigenvalue weighted by molar-refractivity contribution is 6.35. The van der Waals surface area contributed by atoms with Gasteiger partial charge in [-0.05, 0) is 30.5 Å². The highest BCUT2D eigenvalue weighted by atomic mass is 19.1. The number of amides is 1. The zero-order valence-corrected chi connectivity index (χ0v) is 9.34. The molecule has 0 atom stereocenters. The lowest BCUT2D eigenvalue weighted by molar-refractivity contribution is -0.136. The van der Waals surface area contributed by atoms with Gasteiger partial charge in [0.15, 0.2) is 0 Å². The van der Waals surface area contributed by atoms with Gasteiger partial charge in [0, 0.05) is 13.5 Å². The Labute approximate surface area is 93.7 Å². The van der Waals surface area contributed by atoms with Gasteiger partial charge in [0.2, 0.25) is 5.78 Å². The molecule has 0 radical (unpaired) electrons. The molecule has 1 aromatic rings. The molecule has 86 valence electrons. The predicted molar refractivity (Wildman–Crippen MR) is 58.5 cm³/mol. The maximum absolute atomic E-state index is 12.9. The van der Waals surface area contributed by atoms with E-state index in [0.29, 0.717) is 18.5 Å². The minimum absolute atomic E-state index is 0.239. The van der Waals surface area contributed by atoms with E-state index in [1.165, 1.54) is 13.0 Å². The summed E-state index contributed by atoms with van der Waals surface area (Å²) in [6.45, 7) is 3.29. The third-order valence-electron chi connectivity index (χ3n) is 2.24. The van der Waals surface area contributed by atoms with Crippen LogP contribution >= 0.6 is 0 Å². The number of halogens is 1. The largest absolute Gasteiger partial charge is 0.349 e. The molecule has 4 heteroatoms. The first kappa shape index (κ1) is 12.4. The van der Waals surface area contributed by atoms with E-state index in [1.54, 1.807) is 19.1 Å². The standard InChI is InChI=1S/C12H14FNO2/c1-8-7-10(3-4-11(8)13)5-6-14-12(16)9(2)15/h3-4,7H,5-6H2,1-2H3,(H,14,16). The second kappa shape index (κ2) is 5.39. The topological polar surface area (TPSA) is 46.2 Å². The third-order valence-corrected chi connectivity index (χ3v) is 2.24. The lowest BCUT2D eigenvalue weighted by Crippen LogP contribution is -2.30. The first-order chi connectivity index (χ1) is 7.50. The minimum Gasteiger partial charge on any atom is -0.349 e. The van der Waals surface area contributed by atoms with E-state index in [9.17, 15) is 14.0 Å². The van der Waals surface area contributed by atoms with Gasteiger partial charge < -0.3 is 5.32 Å². The van der Waals surface area contributed by atoms with Crippen LogP contribution in [0.1, 0.15) is 18.1 Å². The summed E-state index contributed by atoms with van der Waals surface area (Å²) >= 11 is 0. The molecule has 0 unspecified atom stereocenters. The van der Waals surface area contributed by atoms with Crippen molar-refractivity contribution in [2.24, 2.45) is 0 Å². The summed E-state index contributed by atoms with van der Waals surface area (Å²) in [5.74, 6) is -1.33. The van der Waals surface area contributed by atoms with E-state index < -0.39 is 11.7 Å². The number of carbonyl (C=O) groups excluding carboxylic acids is 2. The minimum atomic E-state index is -0.584. The normalized spacial score (nSPS) is 9.94. The van der Waals surface area contributed by atoms with Gasteiger partial charge in [0.1, 0.15) is 5.82 Å². The van der Waals surface area contributed by atoms with E-state index in [1.807, 2.05) is 0 Å². The van der Waals surface area contributed by atoms with Crippen LogP contribution in [0.5, 0.6) is 0 Å². The molecule has 0 heterocycles. The molecule has 16 heavy (non-hydrogen) atoms. The molecule has 1 rings (SSSR count). The Balaban J connectivity index is 2.46. The molecule has 3 nitrogen and oxygen atoms in total. The third kappa shape index (κ3) is 3.46. The van der Waals surface area contributed by atoms with Crippen LogP contribution in [-0.4, -0.2) is 18.2 Å². The Kier molecular flexibility index (Phi) is 4.17.